The Hall–Kier alpha value is -1.18. The van der Waals surface area contributed by atoms with Gasteiger partial charge in [-0.25, -0.2) is 0 Å². The fourth-order valence-electron chi connectivity index (χ4n) is 3.92. The lowest BCUT2D eigenvalue weighted by Gasteiger charge is -2.15. The van der Waals surface area contributed by atoms with Crippen molar-refractivity contribution in [3.05, 3.63) is 0 Å². The molecule has 1 aliphatic rings. The molecule has 0 aliphatic carbocycles. The number of hydrogen-bond acceptors (Lipinski definition) is 7. The summed E-state index contributed by atoms with van der Waals surface area (Å²) in [5.74, 6) is -0.203. The van der Waals surface area contributed by atoms with Crippen molar-refractivity contribution in [3.63, 3.8) is 0 Å². The van der Waals surface area contributed by atoms with Crippen molar-refractivity contribution < 1.29 is 28.5 Å². The van der Waals surface area contributed by atoms with Gasteiger partial charge in [-0.2, -0.15) is 0 Å². The van der Waals surface area contributed by atoms with E-state index in [2.05, 4.69) is 6.92 Å². The third-order valence-electron chi connectivity index (χ3n) is 6.10. The zero-order valence-corrected chi connectivity index (χ0v) is 22.2. The Morgan fingerprint density at radius 3 is 2.09 bits per heavy atom. The maximum atomic E-state index is 11.7. The second-order valence-corrected chi connectivity index (χ2v) is 9.73. The Balaban J connectivity index is 1.83. The number of ether oxygens (including phenoxy) is 4. The molecule has 0 aromatic rings. The maximum Gasteiger partial charge on any atom is 0.307 e. The molecule has 1 saturated heterocycles. The Morgan fingerprint density at radius 1 is 0.765 bits per heavy atom. The lowest BCUT2D eigenvalue weighted by molar-refractivity contribution is -0.160. The van der Waals surface area contributed by atoms with Gasteiger partial charge < -0.3 is 23.8 Å². The van der Waals surface area contributed by atoms with Gasteiger partial charge in [0.2, 0.25) is 0 Å². The summed E-state index contributed by atoms with van der Waals surface area (Å²) >= 11 is 0. The summed E-state index contributed by atoms with van der Waals surface area (Å²) in [6, 6.07) is 0. The molecule has 0 unspecified atom stereocenters. The predicted molar refractivity (Wildman–Crippen MR) is 135 cm³/mol. The predicted octanol–water partition coefficient (Wildman–Crippen LogP) is 5.64. The van der Waals surface area contributed by atoms with Crippen molar-refractivity contribution in [1.82, 2.24) is 4.90 Å². The Labute approximate surface area is 208 Å². The zero-order valence-electron chi connectivity index (χ0n) is 22.2. The largest absolute Gasteiger partial charge is 0.466 e. The summed E-state index contributed by atoms with van der Waals surface area (Å²) in [6.07, 6.45) is 16.2. The first-order chi connectivity index (χ1) is 16.5. The first kappa shape index (κ1) is 30.9. The number of carbonyl (C=O) groups is 2. The summed E-state index contributed by atoms with van der Waals surface area (Å²) in [6.45, 7) is 4.51. The van der Waals surface area contributed by atoms with Crippen molar-refractivity contribution in [2.45, 2.75) is 122 Å². The highest BCUT2D eigenvalue weighted by atomic mass is 16.7. The number of hydrogen-bond donors (Lipinski definition) is 0. The third kappa shape index (κ3) is 18.2. The molecular formula is C27H51NO6. The topological polar surface area (TPSA) is 74.3 Å². The van der Waals surface area contributed by atoms with E-state index >= 15 is 0 Å². The lowest BCUT2D eigenvalue weighted by atomic mass is 10.1. The standard InChI is InChI=1S/C27H51NO6/c1-4-5-6-10-13-16-25(29)31-21-14-11-8-7-9-12-15-22-32-27-18-17-24(34-27)23-33-26(30)19-20-28(2)3/h24,27H,4-23H2,1-3H3/t24-,27+/m0/s1. The molecule has 1 heterocycles. The van der Waals surface area contributed by atoms with Gasteiger partial charge in [-0.05, 0) is 39.8 Å². The highest BCUT2D eigenvalue weighted by Gasteiger charge is 2.26. The number of esters is 2. The average Bonchev–Trinajstić information content (AvgIpc) is 3.27. The van der Waals surface area contributed by atoms with Gasteiger partial charge in [-0.15, -0.1) is 0 Å². The molecule has 0 bridgehead atoms. The number of carbonyl (C=O) groups excluding carboxylic acids is 2. The van der Waals surface area contributed by atoms with Crippen LogP contribution in [0.4, 0.5) is 0 Å². The van der Waals surface area contributed by atoms with Crippen LogP contribution in [-0.2, 0) is 28.5 Å². The van der Waals surface area contributed by atoms with Crippen molar-refractivity contribution in [2.24, 2.45) is 0 Å². The average molecular weight is 486 g/mol. The first-order valence-electron chi connectivity index (χ1n) is 13.7. The molecule has 0 aromatic carbocycles. The van der Waals surface area contributed by atoms with Crippen molar-refractivity contribution >= 4 is 11.9 Å². The molecule has 0 saturated carbocycles. The molecule has 1 fully saturated rings. The summed E-state index contributed by atoms with van der Waals surface area (Å²) in [4.78, 5) is 25.3. The van der Waals surface area contributed by atoms with Crippen molar-refractivity contribution in [2.75, 3.05) is 40.5 Å². The van der Waals surface area contributed by atoms with E-state index in [1.807, 2.05) is 19.0 Å². The van der Waals surface area contributed by atoms with Crippen LogP contribution in [0.25, 0.3) is 0 Å². The van der Waals surface area contributed by atoms with E-state index in [0.29, 0.717) is 39.2 Å². The van der Waals surface area contributed by atoms with E-state index in [9.17, 15) is 9.59 Å². The summed E-state index contributed by atoms with van der Waals surface area (Å²) in [5, 5.41) is 0. The first-order valence-corrected chi connectivity index (χ1v) is 13.7. The summed E-state index contributed by atoms with van der Waals surface area (Å²) in [5.41, 5.74) is 0. The van der Waals surface area contributed by atoms with Crippen LogP contribution < -0.4 is 0 Å². The third-order valence-corrected chi connectivity index (χ3v) is 6.10. The van der Waals surface area contributed by atoms with Crippen LogP contribution in [0.5, 0.6) is 0 Å². The molecule has 34 heavy (non-hydrogen) atoms. The van der Waals surface area contributed by atoms with E-state index < -0.39 is 0 Å². The molecule has 1 aliphatic heterocycles. The minimum atomic E-state index is -0.171. The smallest absolute Gasteiger partial charge is 0.307 e. The minimum absolute atomic E-state index is 0.0323. The van der Waals surface area contributed by atoms with E-state index in [4.69, 9.17) is 18.9 Å². The van der Waals surface area contributed by atoms with Gasteiger partial charge in [-0.1, -0.05) is 64.7 Å². The Kier molecular flexibility index (Phi) is 19.2. The monoisotopic (exact) mass is 485 g/mol. The Bertz CT molecular complexity index is 513. The van der Waals surface area contributed by atoms with Gasteiger partial charge in [0, 0.05) is 26.0 Å². The van der Waals surface area contributed by atoms with Crippen molar-refractivity contribution in [3.8, 4) is 0 Å². The van der Waals surface area contributed by atoms with Crippen molar-refractivity contribution in [1.29, 1.82) is 0 Å². The molecule has 0 spiro atoms. The number of rotatable bonds is 22. The summed E-state index contributed by atoms with van der Waals surface area (Å²) in [7, 11) is 3.88. The van der Waals surface area contributed by atoms with Crippen LogP contribution in [-0.4, -0.2) is 69.7 Å². The second kappa shape index (κ2) is 21.1. The van der Waals surface area contributed by atoms with E-state index in [1.165, 1.54) is 38.5 Å². The lowest BCUT2D eigenvalue weighted by Crippen LogP contribution is -2.23. The van der Waals surface area contributed by atoms with Crippen LogP contribution in [0.1, 0.15) is 110 Å². The van der Waals surface area contributed by atoms with E-state index in [-0.39, 0.29) is 24.3 Å². The van der Waals surface area contributed by atoms with Crippen LogP contribution in [0, 0.1) is 0 Å². The molecule has 0 radical (unpaired) electrons. The second-order valence-electron chi connectivity index (χ2n) is 9.73. The van der Waals surface area contributed by atoms with Crippen LogP contribution in [0.3, 0.4) is 0 Å². The molecule has 200 valence electrons. The van der Waals surface area contributed by atoms with Crippen LogP contribution in [0.2, 0.25) is 0 Å². The number of unbranched alkanes of at least 4 members (excludes halogenated alkanes) is 10. The minimum Gasteiger partial charge on any atom is -0.466 e. The Morgan fingerprint density at radius 2 is 1.38 bits per heavy atom. The fraction of sp³-hybridized carbons (Fsp3) is 0.926. The molecule has 7 nitrogen and oxygen atoms in total. The van der Waals surface area contributed by atoms with E-state index in [0.717, 1.165) is 51.4 Å². The van der Waals surface area contributed by atoms with Crippen LogP contribution >= 0.6 is 0 Å². The highest BCUT2D eigenvalue weighted by molar-refractivity contribution is 5.69. The number of nitrogens with zero attached hydrogens (tertiary/aromatic N) is 1. The van der Waals surface area contributed by atoms with Gasteiger partial charge in [0.1, 0.15) is 6.61 Å². The van der Waals surface area contributed by atoms with Gasteiger partial charge >= 0.3 is 11.9 Å². The fourth-order valence-corrected chi connectivity index (χ4v) is 3.92. The highest BCUT2D eigenvalue weighted by Crippen LogP contribution is 2.21. The van der Waals surface area contributed by atoms with Gasteiger partial charge in [0.05, 0.1) is 19.1 Å². The molecule has 1 rings (SSSR count). The molecule has 7 heteroatoms. The molecule has 0 aromatic heterocycles. The molecule has 2 atom stereocenters. The normalized spacial score (nSPS) is 17.9. The maximum absolute atomic E-state index is 11.7. The molecular weight excluding hydrogens is 434 g/mol. The summed E-state index contributed by atoms with van der Waals surface area (Å²) < 4.78 is 22.3. The van der Waals surface area contributed by atoms with Gasteiger partial charge in [0.15, 0.2) is 6.29 Å². The van der Waals surface area contributed by atoms with Crippen LogP contribution in [0.15, 0.2) is 0 Å². The van der Waals surface area contributed by atoms with Gasteiger partial charge in [-0.3, -0.25) is 9.59 Å². The zero-order chi connectivity index (χ0) is 24.9. The SMILES string of the molecule is CCCCCCCC(=O)OCCCCCCCCCO[C@H]1CC[C@@H](COC(=O)CCN(C)C)O1. The molecule has 0 amide bonds. The van der Waals surface area contributed by atoms with E-state index in [1.54, 1.807) is 0 Å². The molecule has 0 N–H and O–H groups in total. The quantitative estimate of drug-likeness (QED) is 0.145. The van der Waals surface area contributed by atoms with Gasteiger partial charge in [0.25, 0.3) is 0 Å².